The lowest BCUT2D eigenvalue weighted by atomic mass is 10.2. The fourth-order valence-corrected chi connectivity index (χ4v) is 1.49. The van der Waals surface area contributed by atoms with Gasteiger partial charge in [-0.1, -0.05) is 12.1 Å². The molecular formula is C12H14N3O3. The molecule has 6 nitrogen and oxygen atoms in total. The highest BCUT2D eigenvalue weighted by atomic mass is 16.2. The lowest BCUT2D eigenvalue weighted by Gasteiger charge is -2.21. The van der Waals surface area contributed by atoms with E-state index in [1.807, 2.05) is 0 Å². The number of anilines is 2. The molecule has 1 rings (SSSR count). The van der Waals surface area contributed by atoms with E-state index in [9.17, 15) is 14.4 Å². The molecule has 0 fully saturated rings. The van der Waals surface area contributed by atoms with Crippen LogP contribution in [-0.2, 0) is 9.59 Å². The third-order valence-electron chi connectivity index (χ3n) is 2.24. The predicted octanol–water partition coefficient (Wildman–Crippen LogP) is 0.900. The average Bonchev–Trinajstić information content (AvgIpc) is 2.36. The second kappa shape index (κ2) is 6.39. The Labute approximate surface area is 105 Å². The number of benzene rings is 1. The van der Waals surface area contributed by atoms with E-state index in [0.29, 0.717) is 11.4 Å². The van der Waals surface area contributed by atoms with Crippen LogP contribution in [0.5, 0.6) is 0 Å². The summed E-state index contributed by atoms with van der Waals surface area (Å²) in [5, 5.41) is 5.17. The molecule has 0 aliphatic rings. The van der Waals surface area contributed by atoms with Gasteiger partial charge in [0.05, 0.1) is 17.9 Å². The summed E-state index contributed by atoms with van der Waals surface area (Å²) in [6.45, 7) is 1.01. The molecule has 0 atom stereocenters. The molecule has 0 aliphatic carbocycles. The van der Waals surface area contributed by atoms with Crippen molar-refractivity contribution in [2.24, 2.45) is 0 Å². The van der Waals surface area contributed by atoms with Crippen LogP contribution in [0.4, 0.5) is 16.2 Å². The first-order valence-electron chi connectivity index (χ1n) is 5.32. The topological polar surface area (TPSA) is 78.5 Å². The van der Waals surface area contributed by atoms with Crippen molar-refractivity contribution in [3.63, 3.8) is 0 Å². The zero-order chi connectivity index (χ0) is 13.5. The average molecular weight is 248 g/mol. The molecule has 95 valence electrons. The monoisotopic (exact) mass is 248 g/mol. The van der Waals surface area contributed by atoms with Crippen molar-refractivity contribution in [1.82, 2.24) is 5.32 Å². The van der Waals surface area contributed by atoms with Gasteiger partial charge in [-0.2, -0.15) is 0 Å². The Bertz CT molecular complexity index is 460. The van der Waals surface area contributed by atoms with Gasteiger partial charge in [0, 0.05) is 14.0 Å². The van der Waals surface area contributed by atoms with Crippen molar-refractivity contribution in [3.05, 3.63) is 24.3 Å². The second-order valence-corrected chi connectivity index (χ2v) is 3.42. The molecular weight excluding hydrogens is 234 g/mol. The Kier molecular flexibility index (Phi) is 4.86. The molecule has 6 heteroatoms. The number of urea groups is 1. The fraction of sp³-hybridized carbons (Fsp3) is 0.250. The summed E-state index contributed by atoms with van der Waals surface area (Å²) in [5.41, 5.74) is 1.06. The smallest absolute Gasteiger partial charge is 0.329 e. The predicted molar refractivity (Wildman–Crippen MR) is 68.2 cm³/mol. The SMILES string of the molecule is CNc1ccccc1N(C(C)=O)C(=O)NC[C]=O. The van der Waals surface area contributed by atoms with Crippen LogP contribution in [-0.4, -0.2) is 31.8 Å². The number of nitrogens with one attached hydrogen (secondary N) is 2. The molecule has 3 amide bonds. The number of para-hydroxylation sites is 2. The van der Waals surface area contributed by atoms with Gasteiger partial charge in [0.1, 0.15) is 0 Å². The molecule has 1 aromatic carbocycles. The molecule has 1 aromatic rings. The number of nitrogens with zero attached hydrogens (tertiary/aromatic N) is 1. The molecule has 0 aromatic heterocycles. The maximum atomic E-state index is 11.8. The minimum absolute atomic E-state index is 0.260. The number of rotatable bonds is 4. The zero-order valence-electron chi connectivity index (χ0n) is 10.2. The van der Waals surface area contributed by atoms with Gasteiger partial charge in [-0.15, -0.1) is 0 Å². The Hall–Kier alpha value is -2.37. The number of hydrogen-bond donors (Lipinski definition) is 2. The Balaban J connectivity index is 3.08. The van der Waals surface area contributed by atoms with Crippen molar-refractivity contribution in [2.45, 2.75) is 6.92 Å². The van der Waals surface area contributed by atoms with E-state index < -0.39 is 11.9 Å². The molecule has 0 aliphatic heterocycles. The van der Waals surface area contributed by atoms with E-state index in [0.717, 1.165) is 4.90 Å². The van der Waals surface area contributed by atoms with E-state index in [4.69, 9.17) is 0 Å². The minimum Gasteiger partial charge on any atom is -0.386 e. The third-order valence-corrected chi connectivity index (χ3v) is 2.24. The number of hydrogen-bond acceptors (Lipinski definition) is 4. The number of amides is 3. The lowest BCUT2D eigenvalue weighted by molar-refractivity contribution is -0.115. The van der Waals surface area contributed by atoms with Gasteiger partial charge in [-0.25, -0.2) is 9.69 Å². The first-order valence-corrected chi connectivity index (χ1v) is 5.32. The number of carbonyl (C=O) groups excluding carboxylic acids is 3. The molecule has 0 spiro atoms. The minimum atomic E-state index is -0.659. The molecule has 1 radical (unpaired) electrons. The highest BCUT2D eigenvalue weighted by molar-refractivity contribution is 6.15. The zero-order valence-corrected chi connectivity index (χ0v) is 10.2. The molecule has 0 saturated carbocycles. The summed E-state index contributed by atoms with van der Waals surface area (Å²) in [6.07, 6.45) is 1.54. The van der Waals surface area contributed by atoms with E-state index in [2.05, 4.69) is 10.6 Å². The van der Waals surface area contributed by atoms with Crippen LogP contribution in [0.1, 0.15) is 6.92 Å². The largest absolute Gasteiger partial charge is 0.386 e. The first-order chi connectivity index (χ1) is 8.61. The van der Waals surface area contributed by atoms with Gasteiger partial charge in [-0.3, -0.25) is 9.59 Å². The first kappa shape index (κ1) is 13.7. The summed E-state index contributed by atoms with van der Waals surface area (Å²) in [7, 11) is 1.69. The van der Waals surface area contributed by atoms with Gasteiger partial charge < -0.3 is 10.6 Å². The van der Waals surface area contributed by atoms with Gasteiger partial charge in [-0.05, 0) is 12.1 Å². The van der Waals surface area contributed by atoms with Crippen molar-refractivity contribution in [1.29, 1.82) is 0 Å². The Morgan fingerprint density at radius 2 is 2.00 bits per heavy atom. The highest BCUT2D eigenvalue weighted by Gasteiger charge is 2.21. The van der Waals surface area contributed by atoms with Crippen LogP contribution in [0.3, 0.4) is 0 Å². The van der Waals surface area contributed by atoms with Gasteiger partial charge >= 0.3 is 6.03 Å². The Morgan fingerprint density at radius 3 is 2.56 bits per heavy atom. The highest BCUT2D eigenvalue weighted by Crippen LogP contribution is 2.25. The van der Waals surface area contributed by atoms with E-state index in [1.165, 1.54) is 13.2 Å². The maximum absolute atomic E-state index is 11.8. The van der Waals surface area contributed by atoms with Crippen molar-refractivity contribution in [3.8, 4) is 0 Å². The molecule has 2 N–H and O–H groups in total. The van der Waals surface area contributed by atoms with Crippen LogP contribution in [0.25, 0.3) is 0 Å². The van der Waals surface area contributed by atoms with E-state index in [1.54, 1.807) is 31.3 Å². The summed E-state index contributed by atoms with van der Waals surface area (Å²) < 4.78 is 0. The second-order valence-electron chi connectivity index (χ2n) is 3.42. The Morgan fingerprint density at radius 1 is 1.33 bits per heavy atom. The quantitative estimate of drug-likeness (QED) is 0.829. The van der Waals surface area contributed by atoms with Crippen molar-refractivity contribution >= 4 is 29.6 Å². The summed E-state index contributed by atoms with van der Waals surface area (Å²) >= 11 is 0. The summed E-state index contributed by atoms with van der Waals surface area (Å²) in [4.78, 5) is 34.4. The van der Waals surface area contributed by atoms with Crippen molar-refractivity contribution in [2.75, 3.05) is 23.8 Å². The molecule has 18 heavy (non-hydrogen) atoms. The van der Waals surface area contributed by atoms with Gasteiger partial charge in [0.2, 0.25) is 12.2 Å². The number of imide groups is 1. The standard InChI is InChI=1S/C12H14N3O3/c1-9(17)15(12(18)14-7-8-16)11-6-4-3-5-10(11)13-2/h3-6,13H,7H2,1-2H3,(H,14,18). The fourth-order valence-electron chi connectivity index (χ4n) is 1.49. The third kappa shape index (κ3) is 3.07. The van der Waals surface area contributed by atoms with Gasteiger partial charge in [0.25, 0.3) is 0 Å². The lowest BCUT2D eigenvalue weighted by Crippen LogP contribution is -2.43. The van der Waals surface area contributed by atoms with Crippen LogP contribution in [0, 0.1) is 0 Å². The molecule has 0 saturated heterocycles. The summed E-state index contributed by atoms with van der Waals surface area (Å²) in [6, 6.07) is 6.21. The number of carbonyl (C=O) groups is 2. The van der Waals surface area contributed by atoms with Crippen LogP contribution in [0.2, 0.25) is 0 Å². The molecule has 0 unspecified atom stereocenters. The molecule has 0 heterocycles. The van der Waals surface area contributed by atoms with E-state index >= 15 is 0 Å². The summed E-state index contributed by atoms with van der Waals surface area (Å²) in [5.74, 6) is -0.443. The van der Waals surface area contributed by atoms with Gasteiger partial charge in [0.15, 0.2) is 0 Å². The van der Waals surface area contributed by atoms with Crippen LogP contribution >= 0.6 is 0 Å². The van der Waals surface area contributed by atoms with Crippen LogP contribution in [0.15, 0.2) is 24.3 Å². The van der Waals surface area contributed by atoms with Crippen LogP contribution < -0.4 is 15.5 Å². The normalized spacial score (nSPS) is 9.44. The molecule has 0 bridgehead atoms. The van der Waals surface area contributed by atoms with E-state index in [-0.39, 0.29) is 6.54 Å². The van der Waals surface area contributed by atoms with Crippen molar-refractivity contribution < 1.29 is 14.4 Å². The maximum Gasteiger partial charge on any atom is 0.329 e.